The Labute approximate surface area is 453 Å². The van der Waals surface area contributed by atoms with E-state index in [1.54, 1.807) is 95.2 Å². The predicted molar refractivity (Wildman–Crippen MR) is 280 cm³/mol. The van der Waals surface area contributed by atoms with Gasteiger partial charge in [-0.3, -0.25) is 14.7 Å². The Balaban J connectivity index is 0.000000248. The number of ketones is 2. The van der Waals surface area contributed by atoms with Gasteiger partial charge in [-0.15, -0.1) is 0 Å². The second-order valence-electron chi connectivity index (χ2n) is 20.9. The van der Waals surface area contributed by atoms with E-state index >= 15 is 0 Å². The number of Topliss-reactive ketones (excluding diaryl/α,β-unsaturated/α-hetero) is 2. The van der Waals surface area contributed by atoms with Gasteiger partial charge in [-0.05, 0) is 69.2 Å². The molecule has 0 aliphatic carbocycles. The maximum absolute atomic E-state index is 11.9. The number of carbonyl (C=O) groups is 3. The molecule has 8 rings (SSSR count). The molecule has 1 unspecified atom stereocenters. The van der Waals surface area contributed by atoms with Crippen LogP contribution in [0.5, 0.6) is 0 Å². The first-order valence-corrected chi connectivity index (χ1v) is 23.8. The number of esters is 1. The van der Waals surface area contributed by atoms with Crippen LogP contribution in [0.1, 0.15) is 145 Å². The monoisotopic (exact) mass is 1200 g/mol. The molecule has 1 atom stereocenters. The molecule has 0 fully saturated rings. The maximum atomic E-state index is 11.9. The van der Waals surface area contributed by atoms with Crippen LogP contribution in [0.3, 0.4) is 0 Å². The molecule has 0 saturated carbocycles. The minimum absolute atomic E-state index is 0. The smallest absolute Gasteiger partial charge is 0.572 e. The standard InChI is InChI=1S/C12H16N4.2C12H15N4.C12H16N2O2.C6H6N2O2.Pt/c3*1-8-9(11-13-6-5-7-14-11)15-16-10(8)12(2,3)4;1-8(10(16)12(2,3)4)9(15)11-13-6-5-7-14-11;1-10-6(9)5-7-3-2-4-8-5;/h5-7H,1-4H3,(H,15,16);2*5-7H,1-4H3;5-8H,1-4H3;2-4H,1H3;/q;2*-1;;;+2. The van der Waals surface area contributed by atoms with Crippen LogP contribution >= 0.6 is 0 Å². The number of aromatic nitrogens is 16. The number of aromatic amines is 1. The van der Waals surface area contributed by atoms with Crippen molar-refractivity contribution >= 4 is 17.5 Å². The summed E-state index contributed by atoms with van der Waals surface area (Å²) in [7, 11) is 1.29. The van der Waals surface area contributed by atoms with Crippen LogP contribution in [0.4, 0.5) is 0 Å². The van der Waals surface area contributed by atoms with Crippen molar-refractivity contribution in [2.24, 2.45) is 11.3 Å². The Hall–Kier alpha value is -7.47. The Kier molecular flexibility index (Phi) is 22.4. The summed E-state index contributed by atoms with van der Waals surface area (Å²) in [5.74, 6) is 0.531. The molecule has 8 heterocycles. The van der Waals surface area contributed by atoms with E-state index in [1.807, 2.05) is 13.8 Å². The summed E-state index contributed by atoms with van der Waals surface area (Å²) in [6.07, 6.45) is 16.3. The van der Waals surface area contributed by atoms with Gasteiger partial charge in [0.1, 0.15) is 23.1 Å². The van der Waals surface area contributed by atoms with Crippen molar-refractivity contribution in [2.75, 3.05) is 7.11 Å². The Morgan fingerprint density at radius 1 is 0.507 bits per heavy atom. The molecule has 0 aliphatic rings. The molecule has 0 radical (unpaired) electrons. The number of nitrogens with one attached hydrogen (secondary N) is 1. The zero-order valence-corrected chi connectivity index (χ0v) is 48.2. The third-order valence-corrected chi connectivity index (χ3v) is 10.7. The van der Waals surface area contributed by atoms with Crippen molar-refractivity contribution in [3.63, 3.8) is 0 Å². The van der Waals surface area contributed by atoms with Crippen molar-refractivity contribution in [1.82, 2.24) is 80.4 Å². The van der Waals surface area contributed by atoms with Gasteiger partial charge in [-0.2, -0.15) is 5.10 Å². The molecule has 20 nitrogen and oxygen atoms in total. The minimum Gasteiger partial charge on any atom is -0.572 e. The van der Waals surface area contributed by atoms with Crippen LogP contribution in [0, 0.1) is 32.1 Å². The fourth-order valence-corrected chi connectivity index (χ4v) is 7.07. The molecule has 1 N–H and O–H groups in total. The van der Waals surface area contributed by atoms with Crippen molar-refractivity contribution in [3.05, 3.63) is 138 Å². The van der Waals surface area contributed by atoms with Gasteiger partial charge >= 0.3 is 27.0 Å². The molecule has 8 aromatic rings. The van der Waals surface area contributed by atoms with Crippen LogP contribution in [-0.4, -0.2) is 94.9 Å². The van der Waals surface area contributed by atoms with Crippen molar-refractivity contribution in [2.45, 2.75) is 127 Å². The average molecular weight is 1200 g/mol. The van der Waals surface area contributed by atoms with Gasteiger partial charge in [0, 0.05) is 106 Å². The van der Waals surface area contributed by atoms with Crippen LogP contribution in [0.15, 0.2) is 92.3 Å². The number of ether oxygens (including phenoxy) is 1. The summed E-state index contributed by atoms with van der Waals surface area (Å²) in [5.41, 5.74) is 8.36. The van der Waals surface area contributed by atoms with E-state index < -0.39 is 17.3 Å². The molecule has 8 aromatic heterocycles. The molecule has 0 amide bonds. The van der Waals surface area contributed by atoms with E-state index in [9.17, 15) is 14.4 Å². The second kappa shape index (κ2) is 27.2. The SMILES string of the molecule is CC(C(=O)c1ncccn1)C(=O)C(C)(C)C.COC(=O)c1ncccn1.Cc1c(-c2ncccn2)n[nH]c1C(C)(C)C.Cc1c(C(C)(C)C)n[n-]c1-c1ncccn1.Cc1c(C(C)(C)C)n[n-]c1-c1ncccn1.[Pt+2]. The molecule has 21 heteroatoms. The maximum Gasteiger partial charge on any atom is 2.00 e. The van der Waals surface area contributed by atoms with Gasteiger partial charge in [0.15, 0.2) is 11.6 Å². The fourth-order valence-electron chi connectivity index (χ4n) is 7.07. The second-order valence-corrected chi connectivity index (χ2v) is 20.9. The molecule has 398 valence electrons. The van der Waals surface area contributed by atoms with Gasteiger partial charge in [0.05, 0.1) is 13.0 Å². The average Bonchev–Trinajstić information content (AvgIpc) is 4.10. The molecule has 0 spiro atoms. The molecular weight excluding hydrogens is 1130 g/mol. The first-order valence-electron chi connectivity index (χ1n) is 23.8. The molecule has 0 bridgehead atoms. The summed E-state index contributed by atoms with van der Waals surface area (Å²) >= 11 is 0. The first kappa shape index (κ1) is 61.8. The third kappa shape index (κ3) is 17.6. The van der Waals surface area contributed by atoms with Gasteiger partial charge in [0.2, 0.25) is 11.6 Å². The van der Waals surface area contributed by atoms with Crippen LogP contribution < -0.4 is 10.2 Å². The molecular formula is C54H68N16O4Pt. The van der Waals surface area contributed by atoms with Crippen LogP contribution in [-0.2, 0) is 46.8 Å². The number of hydrogen-bond acceptors (Lipinski definition) is 17. The van der Waals surface area contributed by atoms with E-state index in [4.69, 9.17) is 0 Å². The summed E-state index contributed by atoms with van der Waals surface area (Å²) < 4.78 is 4.37. The van der Waals surface area contributed by atoms with Crippen molar-refractivity contribution < 1.29 is 40.2 Å². The number of rotatable bonds is 7. The molecule has 0 aliphatic heterocycles. The first-order chi connectivity index (χ1) is 34.7. The van der Waals surface area contributed by atoms with E-state index in [2.05, 4.69) is 154 Å². The number of H-pyrrole nitrogens is 1. The molecule has 75 heavy (non-hydrogen) atoms. The predicted octanol–water partition coefficient (Wildman–Crippen LogP) is 8.85. The van der Waals surface area contributed by atoms with E-state index in [1.165, 1.54) is 31.9 Å². The van der Waals surface area contributed by atoms with E-state index in [-0.39, 0.29) is 60.5 Å². The fraction of sp³-hybridized carbons (Fsp3) is 0.407. The number of carbonyl (C=O) groups excluding carboxylic acids is 3. The number of hydrogen-bond donors (Lipinski definition) is 1. The van der Waals surface area contributed by atoms with Gasteiger partial charge in [0.25, 0.3) is 0 Å². The number of nitrogens with zero attached hydrogens (tertiary/aromatic N) is 15. The summed E-state index contributed by atoms with van der Waals surface area (Å²) in [6, 6.07) is 8.65. The normalized spacial score (nSPS) is 11.5. The Morgan fingerprint density at radius 2 is 0.853 bits per heavy atom. The zero-order chi connectivity index (χ0) is 55.0. The van der Waals surface area contributed by atoms with Gasteiger partial charge < -0.3 is 25.1 Å². The largest absolute Gasteiger partial charge is 2.00 e. The Bertz CT molecular complexity index is 2790. The summed E-state index contributed by atoms with van der Waals surface area (Å²) in [4.78, 5) is 74.7. The molecule has 0 aromatic carbocycles. The third-order valence-electron chi connectivity index (χ3n) is 10.7. The van der Waals surface area contributed by atoms with Gasteiger partial charge in [-0.25, -0.2) is 54.6 Å². The minimum atomic E-state index is -0.692. The van der Waals surface area contributed by atoms with E-state index in [0.29, 0.717) is 17.5 Å². The van der Waals surface area contributed by atoms with E-state index in [0.717, 1.165) is 50.9 Å². The van der Waals surface area contributed by atoms with Crippen LogP contribution in [0.2, 0.25) is 0 Å². The Morgan fingerprint density at radius 3 is 1.16 bits per heavy atom. The number of methoxy groups -OCH3 is 1. The van der Waals surface area contributed by atoms with Gasteiger partial charge in [-0.1, -0.05) is 94.5 Å². The van der Waals surface area contributed by atoms with Crippen LogP contribution in [0.25, 0.3) is 34.6 Å². The van der Waals surface area contributed by atoms with Crippen molar-refractivity contribution in [1.29, 1.82) is 0 Å². The quantitative estimate of drug-likeness (QED) is 0.0886. The zero-order valence-electron chi connectivity index (χ0n) is 45.9. The summed E-state index contributed by atoms with van der Waals surface area (Å²) in [6.45, 7) is 32.3. The van der Waals surface area contributed by atoms with Crippen molar-refractivity contribution in [3.8, 4) is 34.6 Å². The molecule has 0 saturated heterocycles. The topological polar surface area (TPSA) is 272 Å². The summed E-state index contributed by atoms with van der Waals surface area (Å²) in [5, 5.41) is 24.2.